The van der Waals surface area contributed by atoms with Gasteiger partial charge in [-0.1, -0.05) is 24.3 Å². The van der Waals surface area contributed by atoms with Gasteiger partial charge in [0.1, 0.15) is 17.0 Å². The fourth-order valence-electron chi connectivity index (χ4n) is 4.57. The lowest BCUT2D eigenvalue weighted by atomic mass is 10.0. The summed E-state index contributed by atoms with van der Waals surface area (Å²) in [5.74, 6) is -0.342. The van der Waals surface area contributed by atoms with Crippen LogP contribution in [-0.4, -0.2) is 36.0 Å². The number of benzene rings is 2. The lowest BCUT2D eigenvalue weighted by Gasteiger charge is -2.09. The molecule has 0 saturated heterocycles. The van der Waals surface area contributed by atoms with Crippen molar-refractivity contribution in [1.82, 2.24) is 30.1 Å². The lowest BCUT2D eigenvalue weighted by molar-refractivity contribution is 0.102. The van der Waals surface area contributed by atoms with Crippen molar-refractivity contribution in [2.75, 3.05) is 5.32 Å². The number of amides is 1. The molecule has 0 spiro atoms. The summed E-state index contributed by atoms with van der Waals surface area (Å²) in [6, 6.07) is 19.9. The van der Waals surface area contributed by atoms with Crippen LogP contribution in [0.15, 0.2) is 90.7 Å². The van der Waals surface area contributed by atoms with Crippen LogP contribution in [0, 0.1) is 5.82 Å². The Kier molecular flexibility index (Phi) is 5.45. The minimum Gasteiger partial charge on any atom is -0.321 e. The predicted octanol–water partition coefficient (Wildman–Crippen LogP) is 6.68. The van der Waals surface area contributed by atoms with Crippen LogP contribution < -0.4 is 5.32 Å². The number of aromatic amines is 2. The number of hydrogen-bond acceptors (Lipinski definition) is 6. The summed E-state index contributed by atoms with van der Waals surface area (Å²) in [6.07, 6.45) is 4.80. The Bertz CT molecular complexity index is 1980. The summed E-state index contributed by atoms with van der Waals surface area (Å²) in [6.45, 7) is 0. The van der Waals surface area contributed by atoms with Crippen LogP contribution >= 0.6 is 11.3 Å². The Balaban J connectivity index is 1.29. The van der Waals surface area contributed by atoms with Gasteiger partial charge in [0.2, 0.25) is 0 Å². The molecule has 7 rings (SSSR count). The predicted molar refractivity (Wildman–Crippen MR) is 150 cm³/mol. The Morgan fingerprint density at radius 3 is 2.72 bits per heavy atom. The average molecular weight is 532 g/mol. The van der Waals surface area contributed by atoms with Crippen LogP contribution in [0.4, 0.5) is 10.1 Å². The molecule has 7 aromatic rings. The first-order valence-electron chi connectivity index (χ1n) is 12.0. The summed E-state index contributed by atoms with van der Waals surface area (Å²) < 4.78 is 16.1. The third kappa shape index (κ3) is 4.03. The second-order valence-electron chi connectivity index (χ2n) is 8.82. The molecule has 39 heavy (non-hydrogen) atoms. The number of nitrogens with zero attached hydrogens (tertiary/aromatic N) is 4. The average Bonchev–Trinajstić information content (AvgIpc) is 3.73. The van der Waals surface area contributed by atoms with Gasteiger partial charge in [-0.3, -0.25) is 14.9 Å². The molecule has 0 atom stereocenters. The maximum absolute atomic E-state index is 16.1. The van der Waals surface area contributed by atoms with Crippen molar-refractivity contribution in [2.45, 2.75) is 0 Å². The first-order chi connectivity index (χ1) is 19.2. The molecule has 0 bridgehead atoms. The number of imidazole rings is 1. The molecule has 5 aromatic heterocycles. The Labute approximate surface area is 224 Å². The lowest BCUT2D eigenvalue weighted by Crippen LogP contribution is -2.11. The van der Waals surface area contributed by atoms with E-state index in [2.05, 4.69) is 30.5 Å². The molecular weight excluding hydrogens is 513 g/mol. The third-order valence-electron chi connectivity index (χ3n) is 6.41. The van der Waals surface area contributed by atoms with Gasteiger partial charge < -0.3 is 10.3 Å². The van der Waals surface area contributed by atoms with Crippen molar-refractivity contribution in [3.8, 4) is 33.1 Å². The van der Waals surface area contributed by atoms with E-state index in [9.17, 15) is 4.79 Å². The van der Waals surface area contributed by atoms with Gasteiger partial charge in [0, 0.05) is 39.5 Å². The van der Waals surface area contributed by atoms with E-state index >= 15 is 4.39 Å². The molecule has 0 radical (unpaired) electrons. The summed E-state index contributed by atoms with van der Waals surface area (Å²) in [4.78, 5) is 30.3. The summed E-state index contributed by atoms with van der Waals surface area (Å²) in [7, 11) is 0. The number of aromatic nitrogens is 6. The van der Waals surface area contributed by atoms with Crippen LogP contribution in [0.1, 0.15) is 10.4 Å². The molecule has 1 amide bonds. The van der Waals surface area contributed by atoms with Crippen molar-refractivity contribution in [1.29, 1.82) is 0 Å². The van der Waals surface area contributed by atoms with E-state index in [1.165, 1.54) is 6.20 Å². The largest absolute Gasteiger partial charge is 0.321 e. The van der Waals surface area contributed by atoms with E-state index in [0.29, 0.717) is 56.0 Å². The second kappa shape index (κ2) is 9.26. The standard InChI is InChI=1S/C29H18FN7OS/c30-24-19(17-13-18(15-31-14-17)33-29(38)16-5-2-1-3-6-16)8-9-21-23(24)26(37-36-21)28-34-25-20(22-7-4-12-39-22)10-11-32-27(25)35-28/h1-15H,(H,33,38)(H,36,37)(H,32,34,35). The zero-order valence-corrected chi connectivity index (χ0v) is 21.0. The second-order valence-corrected chi connectivity index (χ2v) is 9.77. The van der Waals surface area contributed by atoms with Crippen LogP contribution in [-0.2, 0) is 0 Å². The van der Waals surface area contributed by atoms with Gasteiger partial charge in [-0.2, -0.15) is 5.10 Å². The van der Waals surface area contributed by atoms with E-state index in [1.807, 2.05) is 29.6 Å². The molecule has 3 N–H and O–H groups in total. The Hall–Kier alpha value is -5.22. The van der Waals surface area contributed by atoms with Crippen LogP contribution in [0.2, 0.25) is 0 Å². The van der Waals surface area contributed by atoms with Crippen molar-refractivity contribution in [3.63, 3.8) is 0 Å². The minimum absolute atomic E-state index is 0.275. The molecule has 0 fully saturated rings. The highest BCUT2D eigenvalue weighted by Gasteiger charge is 2.21. The van der Waals surface area contributed by atoms with E-state index in [4.69, 9.17) is 4.98 Å². The molecule has 0 aliphatic rings. The molecule has 8 nitrogen and oxygen atoms in total. The highest BCUT2D eigenvalue weighted by Crippen LogP contribution is 2.36. The molecule has 0 aliphatic heterocycles. The van der Waals surface area contributed by atoms with Gasteiger partial charge in [0.05, 0.1) is 22.8 Å². The van der Waals surface area contributed by atoms with Crippen LogP contribution in [0.25, 0.3) is 55.2 Å². The number of pyridine rings is 2. The minimum atomic E-state index is -0.475. The number of anilines is 1. The van der Waals surface area contributed by atoms with Gasteiger partial charge in [-0.05, 0) is 47.8 Å². The molecule has 0 unspecified atom stereocenters. The highest BCUT2D eigenvalue weighted by molar-refractivity contribution is 7.13. The van der Waals surface area contributed by atoms with E-state index in [0.717, 1.165) is 10.4 Å². The zero-order chi connectivity index (χ0) is 26.3. The number of thiophene rings is 1. The van der Waals surface area contributed by atoms with E-state index in [1.54, 1.807) is 66.2 Å². The van der Waals surface area contributed by atoms with Crippen LogP contribution in [0.3, 0.4) is 0 Å². The zero-order valence-electron chi connectivity index (χ0n) is 20.1. The number of hydrogen-bond donors (Lipinski definition) is 3. The Morgan fingerprint density at radius 1 is 0.974 bits per heavy atom. The number of carbonyl (C=O) groups excluding carboxylic acids is 1. The third-order valence-corrected chi connectivity index (χ3v) is 7.31. The monoisotopic (exact) mass is 531 g/mol. The summed E-state index contributed by atoms with van der Waals surface area (Å²) in [5, 5.41) is 12.4. The molecule has 0 aliphatic carbocycles. The van der Waals surface area contributed by atoms with Gasteiger partial charge in [-0.15, -0.1) is 11.3 Å². The van der Waals surface area contributed by atoms with Crippen LogP contribution in [0.5, 0.6) is 0 Å². The molecule has 5 heterocycles. The van der Waals surface area contributed by atoms with E-state index < -0.39 is 5.82 Å². The van der Waals surface area contributed by atoms with Crippen molar-refractivity contribution in [2.24, 2.45) is 0 Å². The number of nitrogens with one attached hydrogen (secondary N) is 3. The van der Waals surface area contributed by atoms with Gasteiger partial charge in [0.25, 0.3) is 5.91 Å². The number of fused-ring (bicyclic) bond motifs is 2. The van der Waals surface area contributed by atoms with Gasteiger partial charge in [0.15, 0.2) is 11.5 Å². The summed E-state index contributed by atoms with van der Waals surface area (Å²) in [5.41, 5.74) is 4.91. The fourth-order valence-corrected chi connectivity index (χ4v) is 5.32. The van der Waals surface area contributed by atoms with E-state index in [-0.39, 0.29) is 5.91 Å². The van der Waals surface area contributed by atoms with Gasteiger partial charge in [-0.25, -0.2) is 14.4 Å². The molecular formula is C29H18FN7OS. The summed E-state index contributed by atoms with van der Waals surface area (Å²) >= 11 is 1.61. The maximum Gasteiger partial charge on any atom is 0.255 e. The molecule has 2 aromatic carbocycles. The number of H-pyrrole nitrogens is 2. The fraction of sp³-hybridized carbons (Fsp3) is 0. The quantitative estimate of drug-likeness (QED) is 0.229. The molecule has 0 saturated carbocycles. The van der Waals surface area contributed by atoms with Crippen molar-refractivity contribution >= 4 is 45.0 Å². The van der Waals surface area contributed by atoms with Gasteiger partial charge >= 0.3 is 0 Å². The topological polar surface area (TPSA) is 112 Å². The number of carbonyl (C=O) groups is 1. The molecule has 10 heteroatoms. The smallest absolute Gasteiger partial charge is 0.255 e. The van der Waals surface area contributed by atoms with Crippen molar-refractivity contribution < 1.29 is 9.18 Å². The molecule has 188 valence electrons. The van der Waals surface area contributed by atoms with Crippen molar-refractivity contribution in [3.05, 3.63) is 102 Å². The maximum atomic E-state index is 16.1. The first-order valence-corrected chi connectivity index (χ1v) is 12.9. The Morgan fingerprint density at radius 2 is 1.87 bits per heavy atom. The SMILES string of the molecule is O=C(Nc1cncc(-c2ccc3[nH]nc(-c4nc5c(-c6cccs6)ccnc5[nH]4)c3c2F)c1)c1ccccc1. The first kappa shape index (κ1) is 22.9. The highest BCUT2D eigenvalue weighted by atomic mass is 32.1. The number of halogens is 1. The number of rotatable bonds is 5. The normalized spacial score (nSPS) is 11.3.